The Balaban J connectivity index is 1.77. The van der Waals surface area contributed by atoms with Crippen molar-refractivity contribution in [3.63, 3.8) is 0 Å². The Hall–Kier alpha value is -1.30. The van der Waals surface area contributed by atoms with E-state index in [4.69, 9.17) is 11.6 Å². The number of amides is 2. The summed E-state index contributed by atoms with van der Waals surface area (Å²) < 4.78 is 0. The van der Waals surface area contributed by atoms with Crippen molar-refractivity contribution in [2.24, 2.45) is 0 Å². The number of aryl methyl sites for hydroxylation is 1. The fourth-order valence-corrected chi connectivity index (χ4v) is 2.97. The van der Waals surface area contributed by atoms with Gasteiger partial charge in [-0.1, -0.05) is 11.6 Å². The van der Waals surface area contributed by atoms with Gasteiger partial charge >= 0.3 is 6.03 Å². The topological polar surface area (TPSA) is 38.8 Å². The summed E-state index contributed by atoms with van der Waals surface area (Å²) >= 11 is 5.95. The predicted octanol–water partition coefficient (Wildman–Crippen LogP) is 2.75. The second kappa shape index (κ2) is 8.52. The molecule has 1 aliphatic heterocycles. The number of anilines is 1. The SMILES string of the molecule is Cc1cc(Cl)ccc1NC(=O)N1CCN(CCCN(C)C)CC1. The Morgan fingerprint density at radius 3 is 2.57 bits per heavy atom. The van der Waals surface area contributed by atoms with Gasteiger partial charge in [-0.25, -0.2) is 4.79 Å². The Kier molecular flexibility index (Phi) is 6.69. The van der Waals surface area contributed by atoms with Crippen molar-refractivity contribution in [1.29, 1.82) is 0 Å². The molecule has 1 N–H and O–H groups in total. The van der Waals surface area contributed by atoms with Crippen LogP contribution in [-0.4, -0.2) is 74.1 Å². The molecule has 1 saturated heterocycles. The van der Waals surface area contributed by atoms with Crippen molar-refractivity contribution in [2.75, 3.05) is 58.7 Å². The molecule has 1 heterocycles. The van der Waals surface area contributed by atoms with Gasteiger partial charge in [0.25, 0.3) is 0 Å². The summed E-state index contributed by atoms with van der Waals surface area (Å²) in [5, 5.41) is 3.67. The number of urea groups is 1. The summed E-state index contributed by atoms with van der Waals surface area (Å²) in [6, 6.07) is 5.49. The lowest BCUT2D eigenvalue weighted by atomic mass is 10.2. The van der Waals surface area contributed by atoms with Crippen LogP contribution in [-0.2, 0) is 0 Å². The Labute approximate surface area is 144 Å². The smallest absolute Gasteiger partial charge is 0.321 e. The molecule has 2 rings (SSSR count). The molecule has 128 valence electrons. The predicted molar refractivity (Wildman–Crippen MR) is 96.4 cm³/mol. The van der Waals surface area contributed by atoms with Gasteiger partial charge in [0.05, 0.1) is 0 Å². The molecule has 23 heavy (non-hydrogen) atoms. The average Bonchev–Trinajstić information content (AvgIpc) is 2.50. The number of halogens is 1. The zero-order valence-electron chi connectivity index (χ0n) is 14.3. The quantitative estimate of drug-likeness (QED) is 0.897. The number of nitrogens with zero attached hydrogens (tertiary/aromatic N) is 3. The maximum atomic E-state index is 12.4. The number of hydrogen-bond donors (Lipinski definition) is 1. The normalized spacial score (nSPS) is 16.0. The first kappa shape index (κ1) is 18.0. The number of piperazine rings is 1. The number of carbonyl (C=O) groups is 1. The molecule has 0 saturated carbocycles. The van der Waals surface area contributed by atoms with Crippen LogP contribution in [0.4, 0.5) is 10.5 Å². The van der Waals surface area contributed by atoms with Crippen molar-refractivity contribution < 1.29 is 4.79 Å². The van der Waals surface area contributed by atoms with E-state index >= 15 is 0 Å². The van der Waals surface area contributed by atoms with Gasteiger partial charge in [-0.05, 0) is 64.3 Å². The van der Waals surface area contributed by atoms with E-state index in [0.29, 0.717) is 5.02 Å². The van der Waals surface area contributed by atoms with E-state index < -0.39 is 0 Å². The number of nitrogens with one attached hydrogen (secondary N) is 1. The molecule has 0 bridgehead atoms. The maximum absolute atomic E-state index is 12.4. The highest BCUT2D eigenvalue weighted by atomic mass is 35.5. The summed E-state index contributed by atoms with van der Waals surface area (Å²) in [5.74, 6) is 0. The van der Waals surface area contributed by atoms with Crippen molar-refractivity contribution in [2.45, 2.75) is 13.3 Å². The standard InChI is InChI=1S/C17H27ClN4O/c1-14-13-15(18)5-6-16(14)19-17(23)22-11-9-21(10-12-22)8-4-7-20(2)3/h5-6,13H,4,7-12H2,1-3H3,(H,19,23). The third-order valence-corrected chi connectivity index (χ3v) is 4.40. The summed E-state index contributed by atoms with van der Waals surface area (Å²) in [7, 11) is 4.20. The monoisotopic (exact) mass is 338 g/mol. The van der Waals surface area contributed by atoms with Gasteiger partial charge in [0.2, 0.25) is 0 Å². The first-order valence-corrected chi connectivity index (χ1v) is 8.52. The van der Waals surface area contributed by atoms with Crippen LogP contribution in [0.3, 0.4) is 0 Å². The van der Waals surface area contributed by atoms with Crippen LogP contribution in [0.25, 0.3) is 0 Å². The van der Waals surface area contributed by atoms with Gasteiger partial charge < -0.3 is 15.1 Å². The minimum atomic E-state index is -0.0247. The molecular formula is C17H27ClN4O. The van der Waals surface area contributed by atoms with Gasteiger partial charge in [0.1, 0.15) is 0 Å². The second-order valence-corrected chi connectivity index (χ2v) is 6.81. The molecular weight excluding hydrogens is 312 g/mol. The van der Waals surface area contributed by atoms with E-state index in [1.54, 1.807) is 6.07 Å². The molecule has 1 fully saturated rings. The summed E-state index contributed by atoms with van der Waals surface area (Å²) in [4.78, 5) is 18.9. The van der Waals surface area contributed by atoms with Crippen LogP contribution >= 0.6 is 11.6 Å². The van der Waals surface area contributed by atoms with Crippen LogP contribution in [0.1, 0.15) is 12.0 Å². The molecule has 0 aromatic heterocycles. The summed E-state index contributed by atoms with van der Waals surface area (Å²) in [6.45, 7) is 7.60. The Morgan fingerprint density at radius 1 is 1.26 bits per heavy atom. The van der Waals surface area contributed by atoms with Gasteiger partial charge in [0, 0.05) is 36.9 Å². The van der Waals surface area contributed by atoms with E-state index in [9.17, 15) is 4.79 Å². The molecule has 6 heteroatoms. The molecule has 5 nitrogen and oxygen atoms in total. The largest absolute Gasteiger partial charge is 0.322 e. The highest BCUT2D eigenvalue weighted by Crippen LogP contribution is 2.20. The van der Waals surface area contributed by atoms with Crippen molar-refractivity contribution in [3.05, 3.63) is 28.8 Å². The first-order valence-electron chi connectivity index (χ1n) is 8.15. The molecule has 2 amide bonds. The third kappa shape index (κ3) is 5.68. The molecule has 1 aromatic carbocycles. The minimum absolute atomic E-state index is 0.0247. The molecule has 0 aliphatic carbocycles. The van der Waals surface area contributed by atoms with E-state index in [0.717, 1.165) is 50.5 Å². The first-order chi connectivity index (χ1) is 11.0. The minimum Gasteiger partial charge on any atom is -0.322 e. The molecule has 0 spiro atoms. The van der Waals surface area contributed by atoms with Crippen molar-refractivity contribution in [3.8, 4) is 0 Å². The lowest BCUT2D eigenvalue weighted by Gasteiger charge is -2.35. The van der Waals surface area contributed by atoms with Crippen LogP contribution in [0.5, 0.6) is 0 Å². The van der Waals surface area contributed by atoms with Crippen LogP contribution in [0.2, 0.25) is 5.02 Å². The lowest BCUT2D eigenvalue weighted by molar-refractivity contribution is 0.144. The number of benzene rings is 1. The number of hydrogen-bond acceptors (Lipinski definition) is 3. The third-order valence-electron chi connectivity index (χ3n) is 4.17. The Morgan fingerprint density at radius 2 is 1.96 bits per heavy atom. The molecule has 1 aromatic rings. The van der Waals surface area contributed by atoms with E-state index in [1.807, 2.05) is 24.0 Å². The molecule has 0 atom stereocenters. The number of carbonyl (C=O) groups excluding carboxylic acids is 1. The highest BCUT2D eigenvalue weighted by Gasteiger charge is 2.21. The van der Waals surface area contributed by atoms with Gasteiger partial charge in [-0.2, -0.15) is 0 Å². The van der Waals surface area contributed by atoms with Gasteiger partial charge in [-0.3, -0.25) is 4.90 Å². The van der Waals surface area contributed by atoms with Gasteiger partial charge in [0.15, 0.2) is 0 Å². The van der Waals surface area contributed by atoms with Crippen LogP contribution in [0, 0.1) is 6.92 Å². The van der Waals surface area contributed by atoms with E-state index in [1.165, 1.54) is 6.42 Å². The zero-order valence-corrected chi connectivity index (χ0v) is 15.1. The molecule has 0 radical (unpaired) electrons. The number of rotatable bonds is 5. The zero-order chi connectivity index (χ0) is 16.8. The molecule has 0 unspecified atom stereocenters. The fourth-order valence-electron chi connectivity index (χ4n) is 2.75. The lowest BCUT2D eigenvalue weighted by Crippen LogP contribution is -2.50. The van der Waals surface area contributed by atoms with Gasteiger partial charge in [-0.15, -0.1) is 0 Å². The van der Waals surface area contributed by atoms with Crippen LogP contribution in [0.15, 0.2) is 18.2 Å². The fraction of sp³-hybridized carbons (Fsp3) is 0.588. The second-order valence-electron chi connectivity index (χ2n) is 6.37. The summed E-state index contributed by atoms with van der Waals surface area (Å²) in [5.41, 5.74) is 1.81. The Bertz CT molecular complexity index is 527. The highest BCUT2D eigenvalue weighted by molar-refractivity contribution is 6.30. The van der Waals surface area contributed by atoms with Crippen molar-refractivity contribution in [1.82, 2.24) is 14.7 Å². The summed E-state index contributed by atoms with van der Waals surface area (Å²) in [6.07, 6.45) is 1.17. The van der Waals surface area contributed by atoms with Crippen molar-refractivity contribution >= 4 is 23.3 Å². The average molecular weight is 339 g/mol. The van der Waals surface area contributed by atoms with E-state index in [-0.39, 0.29) is 6.03 Å². The van der Waals surface area contributed by atoms with Crippen LogP contribution < -0.4 is 5.32 Å². The van der Waals surface area contributed by atoms with E-state index in [2.05, 4.69) is 29.2 Å². The molecule has 1 aliphatic rings. The maximum Gasteiger partial charge on any atom is 0.321 e.